The van der Waals surface area contributed by atoms with Gasteiger partial charge in [0.1, 0.15) is 11.2 Å². The van der Waals surface area contributed by atoms with Gasteiger partial charge in [0.2, 0.25) is 0 Å². The average molecular weight is 640 g/mol. The fourth-order valence-electron chi connectivity index (χ4n) is 6.55. The monoisotopic (exact) mass is 639 g/mol. The van der Waals surface area contributed by atoms with E-state index in [1.165, 1.54) is 0 Å². The van der Waals surface area contributed by atoms with Gasteiger partial charge in [-0.2, -0.15) is 0 Å². The third-order valence-electron chi connectivity index (χ3n) is 8.69. The highest BCUT2D eigenvalue weighted by molar-refractivity contribution is 6.26. The van der Waals surface area contributed by atoms with Gasteiger partial charge in [-0.15, -0.1) is 0 Å². The summed E-state index contributed by atoms with van der Waals surface area (Å²) >= 11 is 0. The lowest BCUT2D eigenvalue weighted by Crippen LogP contribution is -1.91. The van der Waals surface area contributed by atoms with Gasteiger partial charge in [-0.25, -0.2) is 0 Å². The summed E-state index contributed by atoms with van der Waals surface area (Å²) in [6.45, 7) is 0. The van der Waals surface area contributed by atoms with E-state index in [0.717, 1.165) is 0 Å². The first kappa shape index (κ1) is 15.6. The van der Waals surface area contributed by atoms with Gasteiger partial charge in [0, 0.05) is 10.8 Å². The van der Waals surface area contributed by atoms with Crippen LogP contribution in [-0.2, 0) is 0 Å². The van der Waals surface area contributed by atoms with Gasteiger partial charge in [0.25, 0.3) is 0 Å². The molecule has 0 N–H and O–H groups in total. The molecule has 0 spiro atoms. The molecule has 9 aromatic carbocycles. The standard InChI is InChI=1S/C48H30O/c1-3-12-31(13-4-1)33-22-23-35-29-37(25-24-34(35)28-33)46-38-16-7-9-18-40(38)47(41-19-10-8-17-39(41)46)43-20-11-21-44-48(43)42-27-26-36(30-45(42)49-44)32-14-5-2-6-15-32/h1-30H/i2D,5D,6D,11D,14D,15D,20D,21D,22D,23D,24D,25D,26D,27D,28D,29D,30D. The van der Waals surface area contributed by atoms with Gasteiger partial charge in [0.05, 0.1) is 23.3 Å². The highest BCUT2D eigenvalue weighted by Gasteiger charge is 2.20. The largest absolute Gasteiger partial charge is 0.456 e. The van der Waals surface area contributed by atoms with Crippen molar-refractivity contribution in [2.75, 3.05) is 0 Å². The van der Waals surface area contributed by atoms with E-state index in [9.17, 15) is 12.3 Å². The molecule has 0 saturated carbocycles. The fraction of sp³-hybridized carbons (Fsp3) is 0. The van der Waals surface area contributed by atoms with Crippen molar-refractivity contribution < 1.29 is 27.7 Å². The van der Waals surface area contributed by atoms with E-state index in [0.29, 0.717) is 38.2 Å². The minimum atomic E-state index is -0.714. The molecular weight excluding hydrogens is 593 g/mol. The zero-order valence-corrected chi connectivity index (χ0v) is 25.4. The van der Waals surface area contributed by atoms with E-state index in [4.69, 9.17) is 15.4 Å². The van der Waals surface area contributed by atoms with E-state index in [2.05, 4.69) is 0 Å². The summed E-state index contributed by atoms with van der Waals surface area (Å²) in [6.07, 6.45) is 0. The summed E-state index contributed by atoms with van der Waals surface area (Å²) in [4.78, 5) is 0. The van der Waals surface area contributed by atoms with E-state index in [-0.39, 0.29) is 73.6 Å². The number of hydrogen-bond acceptors (Lipinski definition) is 1. The zero-order chi connectivity index (χ0) is 47.1. The molecule has 1 nitrogen and oxygen atoms in total. The van der Waals surface area contributed by atoms with Crippen LogP contribution < -0.4 is 0 Å². The summed E-state index contributed by atoms with van der Waals surface area (Å²) in [5, 5.41) is 1.08. The third kappa shape index (κ3) is 4.47. The summed E-state index contributed by atoms with van der Waals surface area (Å²) in [5.41, 5.74) is -0.538. The number of benzene rings is 9. The third-order valence-corrected chi connectivity index (χ3v) is 8.69. The maximum atomic E-state index is 9.67. The van der Waals surface area contributed by atoms with Gasteiger partial charge in [-0.05, 0) is 107 Å². The van der Waals surface area contributed by atoms with Crippen molar-refractivity contribution in [2.24, 2.45) is 0 Å². The molecule has 0 amide bonds. The summed E-state index contributed by atoms with van der Waals surface area (Å²) < 4.78 is 159. The van der Waals surface area contributed by atoms with Crippen molar-refractivity contribution >= 4 is 54.3 Å². The van der Waals surface area contributed by atoms with Crippen LogP contribution in [0.4, 0.5) is 0 Å². The first-order valence-corrected chi connectivity index (χ1v) is 15.5. The van der Waals surface area contributed by atoms with Crippen molar-refractivity contribution in [3.63, 3.8) is 0 Å². The Balaban J connectivity index is 1.34. The van der Waals surface area contributed by atoms with Gasteiger partial charge >= 0.3 is 0 Å². The first-order chi connectivity index (χ1) is 31.4. The Hall–Kier alpha value is -6.44. The lowest BCUT2D eigenvalue weighted by atomic mass is 9.84. The first-order valence-electron chi connectivity index (χ1n) is 24.0. The Morgan fingerprint density at radius 3 is 1.67 bits per heavy atom. The van der Waals surface area contributed by atoms with E-state index in [1.54, 1.807) is 78.9 Å². The van der Waals surface area contributed by atoms with Crippen LogP contribution in [-0.4, -0.2) is 0 Å². The van der Waals surface area contributed by atoms with Crippen molar-refractivity contribution in [1.29, 1.82) is 0 Å². The second-order valence-corrected chi connectivity index (χ2v) is 11.5. The van der Waals surface area contributed by atoms with Crippen molar-refractivity contribution in [2.45, 2.75) is 0 Å². The molecule has 0 saturated heterocycles. The predicted octanol–water partition coefficient (Wildman–Crippen LogP) is 13.7. The molecule has 0 aliphatic carbocycles. The molecule has 1 heterocycles. The Kier molecular flexibility index (Phi) is 3.54. The lowest BCUT2D eigenvalue weighted by molar-refractivity contribution is 0.669. The number of fused-ring (bicyclic) bond motifs is 6. The van der Waals surface area contributed by atoms with Crippen molar-refractivity contribution in [3.8, 4) is 44.5 Å². The van der Waals surface area contributed by atoms with Crippen LogP contribution in [0.3, 0.4) is 0 Å². The van der Waals surface area contributed by atoms with Crippen LogP contribution in [0.1, 0.15) is 23.3 Å². The Bertz CT molecular complexity index is 3760. The van der Waals surface area contributed by atoms with Crippen LogP contribution in [0.25, 0.3) is 98.8 Å². The van der Waals surface area contributed by atoms with Crippen LogP contribution in [0.2, 0.25) is 0 Å². The highest BCUT2D eigenvalue weighted by atomic mass is 16.3. The maximum Gasteiger partial charge on any atom is 0.136 e. The quantitative estimate of drug-likeness (QED) is 0.175. The average Bonchev–Trinajstić information content (AvgIpc) is 3.72. The zero-order valence-electron chi connectivity index (χ0n) is 42.4. The van der Waals surface area contributed by atoms with Crippen molar-refractivity contribution in [1.82, 2.24) is 0 Å². The highest BCUT2D eigenvalue weighted by Crippen LogP contribution is 2.47. The van der Waals surface area contributed by atoms with Gasteiger partial charge in [0.15, 0.2) is 0 Å². The fourth-order valence-corrected chi connectivity index (χ4v) is 6.55. The SMILES string of the molecule is [2H]c1c([2H])c([2H])c(-c2c([2H])c([2H])c3c(oc4c([2H])c([2H])c([2H])c(-c5c6ccccc6c(-c6c([2H])c([2H])c7c([2H])c(-c8ccccc8)c([2H])c([2H])c7c6[2H])c6ccccc56)c43)c2[2H])c([2H])c1[2H]. The Morgan fingerprint density at radius 2 is 0.959 bits per heavy atom. The number of furan rings is 1. The normalized spacial score (nSPS) is 16.5. The van der Waals surface area contributed by atoms with Crippen molar-refractivity contribution in [3.05, 3.63) is 182 Å². The van der Waals surface area contributed by atoms with Crippen LogP contribution in [0.5, 0.6) is 0 Å². The smallest absolute Gasteiger partial charge is 0.136 e. The molecule has 228 valence electrons. The van der Waals surface area contributed by atoms with E-state index < -0.39 is 89.7 Å². The topological polar surface area (TPSA) is 13.1 Å². The van der Waals surface area contributed by atoms with Crippen LogP contribution in [0.15, 0.2) is 186 Å². The van der Waals surface area contributed by atoms with Crippen LogP contribution >= 0.6 is 0 Å². The summed E-state index contributed by atoms with van der Waals surface area (Å²) in [5.74, 6) is 0. The summed E-state index contributed by atoms with van der Waals surface area (Å²) in [7, 11) is 0. The predicted molar refractivity (Wildman–Crippen MR) is 208 cm³/mol. The Labute approximate surface area is 308 Å². The molecule has 0 fully saturated rings. The molecule has 10 aromatic rings. The summed E-state index contributed by atoms with van der Waals surface area (Å²) in [6, 6.07) is 13.1. The molecular formula is C48H30O. The molecule has 49 heavy (non-hydrogen) atoms. The molecule has 0 atom stereocenters. The lowest BCUT2D eigenvalue weighted by Gasteiger charge is -2.18. The minimum Gasteiger partial charge on any atom is -0.456 e. The van der Waals surface area contributed by atoms with E-state index >= 15 is 0 Å². The molecule has 1 aromatic heterocycles. The number of hydrogen-bond donors (Lipinski definition) is 0. The number of rotatable bonds is 4. The molecule has 0 aliphatic rings. The molecule has 0 aliphatic heterocycles. The van der Waals surface area contributed by atoms with E-state index in [1.807, 2.05) is 0 Å². The van der Waals surface area contributed by atoms with Gasteiger partial charge < -0.3 is 4.42 Å². The van der Waals surface area contributed by atoms with Gasteiger partial charge in [-0.1, -0.05) is 151 Å². The second-order valence-electron chi connectivity index (χ2n) is 11.5. The second kappa shape index (κ2) is 11.1. The molecule has 1 heteroatoms. The molecule has 0 radical (unpaired) electrons. The van der Waals surface area contributed by atoms with Gasteiger partial charge in [-0.3, -0.25) is 0 Å². The van der Waals surface area contributed by atoms with Crippen LogP contribution in [0, 0.1) is 0 Å². The molecule has 10 rings (SSSR count). The molecule has 0 bridgehead atoms. The maximum absolute atomic E-state index is 9.67. The molecule has 0 unspecified atom stereocenters. The minimum absolute atomic E-state index is 0.0111. The Morgan fingerprint density at radius 1 is 0.367 bits per heavy atom.